The van der Waals surface area contributed by atoms with Crippen molar-refractivity contribution in [3.05, 3.63) is 29.8 Å². The number of sulfone groups is 1. The summed E-state index contributed by atoms with van der Waals surface area (Å²) in [5.74, 6) is 0. The first-order valence-electron chi connectivity index (χ1n) is 7.23. The van der Waals surface area contributed by atoms with Gasteiger partial charge in [-0.3, -0.25) is 4.90 Å². The molecule has 1 N–H and O–H groups in total. The van der Waals surface area contributed by atoms with E-state index >= 15 is 0 Å². The van der Waals surface area contributed by atoms with Crippen molar-refractivity contribution >= 4 is 9.84 Å². The van der Waals surface area contributed by atoms with Crippen LogP contribution in [0.15, 0.2) is 29.2 Å². The lowest BCUT2D eigenvalue weighted by molar-refractivity contribution is 0.0660. The van der Waals surface area contributed by atoms with Crippen molar-refractivity contribution in [2.24, 2.45) is 0 Å². The highest BCUT2D eigenvalue weighted by atomic mass is 32.2. The van der Waals surface area contributed by atoms with Gasteiger partial charge in [-0.25, -0.2) is 8.42 Å². The van der Waals surface area contributed by atoms with E-state index in [-0.39, 0.29) is 6.04 Å². The van der Waals surface area contributed by atoms with Gasteiger partial charge in [0.15, 0.2) is 9.84 Å². The van der Waals surface area contributed by atoms with E-state index in [1.807, 2.05) is 19.1 Å². The van der Waals surface area contributed by atoms with Gasteiger partial charge in [-0.2, -0.15) is 0 Å². The highest BCUT2D eigenvalue weighted by Crippen LogP contribution is 2.34. The van der Waals surface area contributed by atoms with E-state index in [4.69, 9.17) is 0 Å². The zero-order valence-corrected chi connectivity index (χ0v) is 12.5. The summed E-state index contributed by atoms with van der Waals surface area (Å²) in [4.78, 5) is 2.56. The van der Waals surface area contributed by atoms with Crippen molar-refractivity contribution in [1.29, 1.82) is 0 Å². The van der Waals surface area contributed by atoms with E-state index in [1.54, 1.807) is 12.1 Å². The number of hydrogen-bond donors (Lipinski definition) is 1. The van der Waals surface area contributed by atoms with E-state index < -0.39 is 21.2 Å². The van der Waals surface area contributed by atoms with Gasteiger partial charge in [0.2, 0.25) is 0 Å². The molecule has 1 aromatic rings. The average Bonchev–Trinajstić information content (AvgIpc) is 2.86. The summed E-state index contributed by atoms with van der Waals surface area (Å²) in [6.45, 7) is 3.70. The molecule has 0 spiro atoms. The molecule has 4 nitrogen and oxygen atoms in total. The molecule has 0 aromatic heterocycles. The van der Waals surface area contributed by atoms with Crippen molar-refractivity contribution in [2.75, 3.05) is 13.1 Å². The second-order valence-corrected chi connectivity index (χ2v) is 8.03. The van der Waals surface area contributed by atoms with Crippen LogP contribution in [0.5, 0.6) is 0 Å². The van der Waals surface area contributed by atoms with Crippen LogP contribution < -0.4 is 0 Å². The van der Waals surface area contributed by atoms with Crippen molar-refractivity contribution in [1.82, 2.24) is 4.90 Å². The van der Waals surface area contributed by atoms with Gasteiger partial charge in [0.25, 0.3) is 0 Å². The minimum atomic E-state index is -3.47. The zero-order chi connectivity index (χ0) is 14.3. The molecule has 1 aromatic carbocycles. The zero-order valence-electron chi connectivity index (χ0n) is 11.7. The van der Waals surface area contributed by atoms with Gasteiger partial charge >= 0.3 is 0 Å². The Balaban J connectivity index is 1.98. The molecule has 0 unspecified atom stereocenters. The molecule has 0 bridgehead atoms. The van der Waals surface area contributed by atoms with E-state index in [0.29, 0.717) is 11.3 Å². The first kappa shape index (κ1) is 14.0. The second kappa shape index (κ2) is 5.13. The average molecular weight is 295 g/mol. The van der Waals surface area contributed by atoms with Crippen molar-refractivity contribution in [2.45, 2.75) is 48.5 Å². The van der Waals surface area contributed by atoms with Crippen LogP contribution in [0.3, 0.4) is 0 Å². The van der Waals surface area contributed by atoms with Gasteiger partial charge in [0, 0.05) is 12.6 Å². The van der Waals surface area contributed by atoms with Crippen LogP contribution in [0.25, 0.3) is 0 Å². The number of benzene rings is 1. The number of nitrogens with zero attached hydrogens (tertiary/aromatic N) is 1. The van der Waals surface area contributed by atoms with E-state index in [1.165, 1.54) is 0 Å². The smallest absolute Gasteiger partial charge is 0.185 e. The fraction of sp³-hybridized carbons (Fsp3) is 0.600. The first-order chi connectivity index (χ1) is 9.50. The van der Waals surface area contributed by atoms with Crippen LogP contribution in [0, 0.1) is 6.92 Å². The fourth-order valence-electron chi connectivity index (χ4n) is 3.52. The highest BCUT2D eigenvalue weighted by molar-refractivity contribution is 7.92. The molecule has 0 saturated carbocycles. The van der Waals surface area contributed by atoms with E-state index in [0.717, 1.165) is 31.5 Å². The number of aliphatic hydroxyl groups is 1. The maximum absolute atomic E-state index is 12.9. The summed E-state index contributed by atoms with van der Waals surface area (Å²) in [7, 11) is -3.47. The summed E-state index contributed by atoms with van der Waals surface area (Å²) in [6.07, 6.45) is 1.69. The molecule has 3 rings (SSSR count). The Bertz CT molecular complexity index is 582. The third kappa shape index (κ3) is 2.28. The molecule has 20 heavy (non-hydrogen) atoms. The number of fused-ring (bicyclic) bond motifs is 1. The van der Waals surface area contributed by atoms with Crippen LogP contribution in [0.2, 0.25) is 0 Å². The predicted molar refractivity (Wildman–Crippen MR) is 77.4 cm³/mol. The molecule has 3 atom stereocenters. The van der Waals surface area contributed by atoms with Crippen molar-refractivity contribution in [3.8, 4) is 0 Å². The predicted octanol–water partition coefficient (Wildman–Crippen LogP) is 1.37. The fourth-order valence-corrected chi connectivity index (χ4v) is 5.62. The maximum Gasteiger partial charge on any atom is 0.185 e. The van der Waals surface area contributed by atoms with Crippen molar-refractivity contribution < 1.29 is 13.5 Å². The van der Waals surface area contributed by atoms with Crippen LogP contribution in [-0.2, 0) is 9.84 Å². The highest BCUT2D eigenvalue weighted by Gasteiger charge is 2.47. The molecule has 2 aliphatic rings. The standard InChI is InChI=1S/C15H21NO3S/c1-11-4-6-12(7-5-11)20(18,19)15-13-3-2-9-16(13)10-8-14(15)17/h4-7,13-15,17H,2-3,8-10H2,1H3/t13-,14-,15-/m1/s1. The van der Waals surface area contributed by atoms with Gasteiger partial charge < -0.3 is 5.11 Å². The van der Waals surface area contributed by atoms with Crippen LogP contribution in [0.1, 0.15) is 24.8 Å². The number of hydrogen-bond acceptors (Lipinski definition) is 4. The van der Waals surface area contributed by atoms with Crippen LogP contribution >= 0.6 is 0 Å². The Labute approximate surface area is 120 Å². The molecule has 2 saturated heterocycles. The van der Waals surface area contributed by atoms with Gasteiger partial charge in [-0.05, 0) is 44.9 Å². The van der Waals surface area contributed by atoms with Crippen LogP contribution in [0.4, 0.5) is 0 Å². The lowest BCUT2D eigenvalue weighted by Crippen LogP contribution is -2.54. The number of aryl methyl sites for hydroxylation is 1. The molecule has 110 valence electrons. The normalized spacial score (nSPS) is 31.2. The Hall–Kier alpha value is -0.910. The molecular weight excluding hydrogens is 274 g/mol. The minimum Gasteiger partial charge on any atom is -0.392 e. The minimum absolute atomic E-state index is 0.0231. The monoisotopic (exact) mass is 295 g/mol. The second-order valence-electron chi connectivity index (χ2n) is 5.92. The molecule has 0 radical (unpaired) electrons. The Morgan fingerprint density at radius 2 is 1.85 bits per heavy atom. The Morgan fingerprint density at radius 1 is 1.15 bits per heavy atom. The summed E-state index contributed by atoms with van der Waals surface area (Å²) in [5.41, 5.74) is 1.04. The number of rotatable bonds is 2. The number of aliphatic hydroxyl groups excluding tert-OH is 1. The molecule has 0 aliphatic carbocycles. The summed E-state index contributed by atoms with van der Waals surface area (Å²) < 4.78 is 25.7. The maximum atomic E-state index is 12.9. The summed E-state index contributed by atoms with van der Waals surface area (Å²) in [5, 5.41) is 9.58. The lowest BCUT2D eigenvalue weighted by Gasteiger charge is -2.39. The lowest BCUT2D eigenvalue weighted by atomic mass is 9.99. The van der Waals surface area contributed by atoms with Gasteiger partial charge in [0.1, 0.15) is 5.25 Å². The number of piperidine rings is 1. The van der Waals surface area contributed by atoms with Gasteiger partial charge in [0.05, 0.1) is 11.0 Å². The third-order valence-corrected chi connectivity index (χ3v) is 6.87. The molecule has 2 heterocycles. The quantitative estimate of drug-likeness (QED) is 0.895. The summed E-state index contributed by atoms with van der Waals surface area (Å²) in [6, 6.07) is 6.92. The van der Waals surface area contributed by atoms with Crippen LogP contribution in [-0.4, -0.2) is 48.9 Å². The van der Waals surface area contributed by atoms with Gasteiger partial charge in [-0.1, -0.05) is 17.7 Å². The topological polar surface area (TPSA) is 57.6 Å². The summed E-state index contributed by atoms with van der Waals surface area (Å²) >= 11 is 0. The SMILES string of the molecule is Cc1ccc(S(=O)(=O)[C@H]2[C@H](O)CCN3CCC[C@H]23)cc1. The molecule has 2 aliphatic heterocycles. The molecule has 2 fully saturated rings. The van der Waals surface area contributed by atoms with E-state index in [9.17, 15) is 13.5 Å². The first-order valence-corrected chi connectivity index (χ1v) is 8.77. The molecule has 0 amide bonds. The molecular formula is C15H21NO3S. The third-order valence-electron chi connectivity index (χ3n) is 4.59. The Kier molecular flexibility index (Phi) is 3.60. The van der Waals surface area contributed by atoms with Gasteiger partial charge in [-0.15, -0.1) is 0 Å². The van der Waals surface area contributed by atoms with Crippen molar-refractivity contribution in [3.63, 3.8) is 0 Å². The largest absolute Gasteiger partial charge is 0.392 e. The van der Waals surface area contributed by atoms with E-state index in [2.05, 4.69) is 4.90 Å². The Morgan fingerprint density at radius 3 is 2.55 bits per heavy atom. The molecule has 5 heteroatoms.